The predicted octanol–water partition coefficient (Wildman–Crippen LogP) is 4.78. The van der Waals surface area contributed by atoms with Crippen molar-refractivity contribution in [3.63, 3.8) is 0 Å². The topological polar surface area (TPSA) is 96.0 Å². The summed E-state index contributed by atoms with van der Waals surface area (Å²) in [7, 11) is -2.45. The Kier molecular flexibility index (Phi) is 11.2. The Morgan fingerprint density at radius 2 is 1.57 bits per heavy atom. The molecule has 214 valence electrons. The normalized spacial score (nSPS) is 12.7. The van der Waals surface area contributed by atoms with Gasteiger partial charge in [-0.2, -0.15) is 0 Å². The van der Waals surface area contributed by atoms with Crippen LogP contribution in [-0.2, 0) is 32.6 Å². The maximum Gasteiger partial charge on any atom is 0.244 e. The number of rotatable bonds is 13. The molecular formula is C30H36BrN3O5S. The molecule has 0 saturated carbocycles. The molecule has 0 aromatic heterocycles. The van der Waals surface area contributed by atoms with E-state index < -0.39 is 28.5 Å². The zero-order valence-electron chi connectivity index (χ0n) is 23.2. The lowest BCUT2D eigenvalue weighted by molar-refractivity contribution is -0.140. The molecule has 0 unspecified atom stereocenters. The summed E-state index contributed by atoms with van der Waals surface area (Å²) in [6.45, 7) is 3.49. The van der Waals surface area contributed by atoms with Crippen molar-refractivity contribution in [3.05, 3.63) is 94.5 Å². The first kappa shape index (κ1) is 31.2. The van der Waals surface area contributed by atoms with E-state index in [-0.39, 0.29) is 30.6 Å². The molecule has 3 aromatic carbocycles. The number of hydrogen-bond acceptors (Lipinski definition) is 5. The summed E-state index contributed by atoms with van der Waals surface area (Å²) in [5.41, 5.74) is 1.92. The third kappa shape index (κ3) is 8.56. The van der Waals surface area contributed by atoms with Crippen LogP contribution in [0.3, 0.4) is 0 Å². The number of nitrogens with zero attached hydrogens (tertiary/aromatic N) is 2. The van der Waals surface area contributed by atoms with E-state index in [0.29, 0.717) is 5.75 Å². The summed E-state index contributed by atoms with van der Waals surface area (Å²) < 4.78 is 33.2. The first-order chi connectivity index (χ1) is 19.0. The largest absolute Gasteiger partial charge is 0.495 e. The molecule has 0 bridgehead atoms. The molecule has 0 aliphatic heterocycles. The maximum absolute atomic E-state index is 14.1. The third-order valence-electron chi connectivity index (χ3n) is 6.57. The van der Waals surface area contributed by atoms with E-state index in [1.54, 1.807) is 24.3 Å². The molecule has 1 N–H and O–H groups in total. The van der Waals surface area contributed by atoms with E-state index in [9.17, 15) is 18.0 Å². The molecule has 40 heavy (non-hydrogen) atoms. The van der Waals surface area contributed by atoms with Crippen LogP contribution in [0.5, 0.6) is 5.75 Å². The number of amides is 2. The standard InChI is InChI=1S/C30H36BrN3O5S/c1-5-22(2)32-30(36)27(19-23-11-7-6-8-12-23)33(20-24-15-17-25(31)18-16-24)29(35)21-34(40(4,37)38)26-13-9-10-14-28(26)39-3/h6-18,22,27H,5,19-21H2,1-4H3,(H,32,36)/t22-,27+/m1/s1. The van der Waals surface area contributed by atoms with E-state index in [4.69, 9.17) is 4.74 Å². The molecule has 2 amide bonds. The summed E-state index contributed by atoms with van der Waals surface area (Å²) in [6.07, 6.45) is 2.03. The third-order valence-corrected chi connectivity index (χ3v) is 8.23. The Labute approximate surface area is 245 Å². The molecule has 0 radical (unpaired) electrons. The lowest BCUT2D eigenvalue weighted by Crippen LogP contribution is -2.54. The molecule has 0 heterocycles. The van der Waals surface area contributed by atoms with Crippen LogP contribution in [0.15, 0.2) is 83.3 Å². The van der Waals surface area contributed by atoms with Crippen LogP contribution in [0.25, 0.3) is 0 Å². The first-order valence-corrected chi connectivity index (χ1v) is 15.7. The Balaban J connectivity index is 2.07. The highest BCUT2D eigenvalue weighted by atomic mass is 79.9. The zero-order valence-corrected chi connectivity index (χ0v) is 25.6. The number of methoxy groups -OCH3 is 1. The van der Waals surface area contributed by atoms with E-state index in [0.717, 1.165) is 32.6 Å². The van der Waals surface area contributed by atoms with Gasteiger partial charge in [0.25, 0.3) is 0 Å². The van der Waals surface area contributed by atoms with Crippen molar-refractivity contribution in [1.29, 1.82) is 0 Å². The van der Waals surface area contributed by atoms with E-state index in [1.165, 1.54) is 12.0 Å². The van der Waals surface area contributed by atoms with Crippen molar-refractivity contribution in [2.75, 3.05) is 24.2 Å². The molecule has 8 nitrogen and oxygen atoms in total. The maximum atomic E-state index is 14.1. The number of nitrogens with one attached hydrogen (secondary N) is 1. The highest BCUT2D eigenvalue weighted by Crippen LogP contribution is 2.30. The van der Waals surface area contributed by atoms with Crippen LogP contribution in [-0.4, -0.2) is 57.1 Å². The second kappa shape index (κ2) is 14.3. The lowest BCUT2D eigenvalue weighted by Gasteiger charge is -2.34. The average molecular weight is 631 g/mol. The van der Waals surface area contributed by atoms with Gasteiger partial charge in [-0.15, -0.1) is 0 Å². The predicted molar refractivity (Wildman–Crippen MR) is 162 cm³/mol. The number of carbonyl (C=O) groups excluding carboxylic acids is 2. The molecular weight excluding hydrogens is 594 g/mol. The number of para-hydroxylation sites is 2. The monoisotopic (exact) mass is 629 g/mol. The van der Waals surface area contributed by atoms with E-state index >= 15 is 0 Å². The fourth-order valence-corrected chi connectivity index (χ4v) is 5.33. The number of anilines is 1. The van der Waals surface area contributed by atoms with Crippen molar-refractivity contribution in [1.82, 2.24) is 10.2 Å². The zero-order chi connectivity index (χ0) is 29.3. The minimum atomic E-state index is -3.89. The van der Waals surface area contributed by atoms with Crippen LogP contribution >= 0.6 is 15.9 Å². The fourth-order valence-electron chi connectivity index (χ4n) is 4.21. The fraction of sp³-hybridized carbons (Fsp3) is 0.333. The molecule has 10 heteroatoms. The molecule has 3 rings (SSSR count). The highest BCUT2D eigenvalue weighted by molar-refractivity contribution is 9.10. The van der Waals surface area contributed by atoms with Gasteiger partial charge in [0.1, 0.15) is 18.3 Å². The second-order valence-corrected chi connectivity index (χ2v) is 12.4. The smallest absolute Gasteiger partial charge is 0.244 e. The number of hydrogen-bond donors (Lipinski definition) is 1. The van der Waals surface area contributed by atoms with Crippen LogP contribution < -0.4 is 14.4 Å². The van der Waals surface area contributed by atoms with Crippen LogP contribution in [0, 0.1) is 0 Å². The van der Waals surface area contributed by atoms with Gasteiger partial charge in [0.15, 0.2) is 0 Å². The average Bonchev–Trinajstić information content (AvgIpc) is 2.94. The summed E-state index contributed by atoms with van der Waals surface area (Å²) in [4.78, 5) is 29.3. The van der Waals surface area contributed by atoms with E-state index in [1.807, 2.05) is 68.4 Å². The van der Waals surface area contributed by atoms with Gasteiger partial charge in [-0.25, -0.2) is 8.42 Å². The van der Waals surface area contributed by atoms with E-state index in [2.05, 4.69) is 21.2 Å². The van der Waals surface area contributed by atoms with Gasteiger partial charge >= 0.3 is 0 Å². The minimum Gasteiger partial charge on any atom is -0.495 e. The van der Waals surface area contributed by atoms with Gasteiger partial charge in [0, 0.05) is 23.5 Å². The lowest BCUT2D eigenvalue weighted by atomic mass is 10.0. The van der Waals surface area contributed by atoms with Crippen molar-refractivity contribution >= 4 is 43.5 Å². The molecule has 0 aliphatic carbocycles. The van der Waals surface area contributed by atoms with Crippen molar-refractivity contribution < 1.29 is 22.7 Å². The highest BCUT2D eigenvalue weighted by Gasteiger charge is 2.34. The van der Waals surface area contributed by atoms with Gasteiger partial charge in [-0.3, -0.25) is 13.9 Å². The molecule has 2 atom stereocenters. The summed E-state index contributed by atoms with van der Waals surface area (Å²) in [6, 6.07) is 22.6. The Morgan fingerprint density at radius 3 is 2.17 bits per heavy atom. The van der Waals surface area contributed by atoms with Gasteiger partial charge < -0.3 is 15.0 Å². The second-order valence-electron chi connectivity index (χ2n) is 9.61. The Bertz CT molecular complexity index is 1380. The van der Waals surface area contributed by atoms with Crippen molar-refractivity contribution in [3.8, 4) is 5.75 Å². The number of halogens is 1. The molecule has 0 fully saturated rings. The summed E-state index contributed by atoms with van der Waals surface area (Å²) in [5.74, 6) is -0.498. The SMILES string of the molecule is CC[C@@H](C)NC(=O)[C@H](Cc1ccccc1)N(Cc1ccc(Br)cc1)C(=O)CN(c1ccccc1OC)S(C)(=O)=O. The number of sulfonamides is 1. The van der Waals surface area contributed by atoms with Gasteiger partial charge in [-0.05, 0) is 48.7 Å². The Morgan fingerprint density at radius 1 is 0.950 bits per heavy atom. The molecule has 0 aliphatic rings. The Hall–Kier alpha value is -3.37. The summed E-state index contributed by atoms with van der Waals surface area (Å²) >= 11 is 3.44. The van der Waals surface area contributed by atoms with Gasteiger partial charge in [0.05, 0.1) is 19.1 Å². The molecule has 0 saturated heterocycles. The molecule has 0 spiro atoms. The molecule has 3 aromatic rings. The quantitative estimate of drug-likeness (QED) is 0.294. The first-order valence-electron chi connectivity index (χ1n) is 13.0. The summed E-state index contributed by atoms with van der Waals surface area (Å²) in [5, 5.41) is 3.02. The van der Waals surface area contributed by atoms with Crippen molar-refractivity contribution in [2.24, 2.45) is 0 Å². The van der Waals surface area contributed by atoms with Crippen LogP contribution in [0.1, 0.15) is 31.4 Å². The van der Waals surface area contributed by atoms with Crippen molar-refractivity contribution in [2.45, 2.75) is 45.3 Å². The van der Waals surface area contributed by atoms with Crippen LogP contribution in [0.4, 0.5) is 5.69 Å². The van der Waals surface area contributed by atoms with Gasteiger partial charge in [0.2, 0.25) is 21.8 Å². The number of carbonyl (C=O) groups is 2. The van der Waals surface area contributed by atoms with Crippen LogP contribution in [0.2, 0.25) is 0 Å². The van der Waals surface area contributed by atoms with Gasteiger partial charge in [-0.1, -0.05) is 77.5 Å². The number of benzene rings is 3. The minimum absolute atomic E-state index is 0.100. The number of ether oxygens (including phenoxy) is 1.